The highest BCUT2D eigenvalue weighted by Gasteiger charge is 2.29. The van der Waals surface area contributed by atoms with Crippen molar-refractivity contribution in [2.75, 3.05) is 31.6 Å². The van der Waals surface area contributed by atoms with Crippen LogP contribution in [-0.2, 0) is 11.3 Å². The van der Waals surface area contributed by atoms with E-state index < -0.39 is 11.3 Å². The number of fused-ring (bicyclic) bond motifs is 1. The Morgan fingerprint density at radius 1 is 1.54 bits per heavy atom. The van der Waals surface area contributed by atoms with Gasteiger partial charge in [0, 0.05) is 19.6 Å². The minimum absolute atomic E-state index is 0.543. The van der Waals surface area contributed by atoms with Gasteiger partial charge in [-0.2, -0.15) is 5.10 Å². The molecule has 2 aromatic rings. The zero-order valence-electron chi connectivity index (χ0n) is 13.6. The monoisotopic (exact) mass is 372 g/mol. The van der Waals surface area contributed by atoms with Crippen molar-refractivity contribution in [2.45, 2.75) is 19.8 Å². The molecule has 0 amide bonds. The van der Waals surface area contributed by atoms with Crippen LogP contribution < -0.4 is 10.3 Å². The number of nitrogens with one attached hydrogen (secondary N) is 1. The molecule has 24 heavy (non-hydrogen) atoms. The second-order valence-electron chi connectivity index (χ2n) is 5.96. The molecular weight excluding hydrogens is 352 g/mol. The Kier molecular flexibility index (Phi) is 5.36. The van der Waals surface area contributed by atoms with Crippen LogP contribution in [0.2, 0.25) is 5.15 Å². The zero-order valence-corrected chi connectivity index (χ0v) is 15.2. The Labute approximate surface area is 148 Å². The molecule has 2 N–H and O–H groups in total. The van der Waals surface area contributed by atoms with E-state index in [1.54, 1.807) is 11.6 Å². The maximum atomic E-state index is 11.0. The van der Waals surface area contributed by atoms with E-state index in [1.807, 2.05) is 13.0 Å². The average Bonchev–Trinajstić information content (AvgIpc) is 2.80. The van der Waals surface area contributed by atoms with Crippen LogP contribution in [0.25, 0.3) is 5.52 Å². The van der Waals surface area contributed by atoms with E-state index in [2.05, 4.69) is 20.4 Å². The second kappa shape index (κ2) is 7.32. The summed E-state index contributed by atoms with van der Waals surface area (Å²) in [5.41, 5.74) is 4.74. The highest BCUT2D eigenvalue weighted by Crippen LogP contribution is 2.32. The first-order valence-electron chi connectivity index (χ1n) is 7.81. The van der Waals surface area contributed by atoms with Gasteiger partial charge < -0.3 is 4.90 Å². The third-order valence-corrected chi connectivity index (χ3v) is 5.36. The van der Waals surface area contributed by atoms with E-state index in [4.69, 9.17) is 16.2 Å². The summed E-state index contributed by atoms with van der Waals surface area (Å²) in [7, 11) is 1.64. The van der Waals surface area contributed by atoms with E-state index in [1.165, 1.54) is 10.7 Å². The van der Waals surface area contributed by atoms with Crippen LogP contribution in [0, 0.1) is 12.8 Å². The maximum Gasteiger partial charge on any atom is 0.248 e. The fourth-order valence-electron chi connectivity index (χ4n) is 3.11. The quantitative estimate of drug-likeness (QED) is 0.565. The summed E-state index contributed by atoms with van der Waals surface area (Å²) in [5.74, 6) is 1.48. The number of hydrogen-bond donors (Lipinski definition) is 2. The molecule has 0 aliphatic carbocycles. The van der Waals surface area contributed by atoms with Gasteiger partial charge in [0.2, 0.25) is 11.3 Å². The van der Waals surface area contributed by atoms with Gasteiger partial charge in [-0.05, 0) is 44.4 Å². The standard InChI is InChI=1S/C14H21ClN6O2S/c1-10-6-12(15)21-13(10)14(17-9-18-21)19-7-11(8-19)4-3-5-20(16-2)24(22)23/h6,9,11,16H,3-5,7-8H2,1-2H3,(H,22,23). The van der Waals surface area contributed by atoms with Gasteiger partial charge in [0.15, 0.2) is 5.82 Å². The van der Waals surface area contributed by atoms with Crippen LogP contribution in [-0.4, -0.2) is 54.5 Å². The van der Waals surface area contributed by atoms with Gasteiger partial charge in [0.05, 0.1) is 0 Å². The lowest BCUT2D eigenvalue weighted by Crippen LogP contribution is -2.47. The highest BCUT2D eigenvalue weighted by molar-refractivity contribution is 7.76. The van der Waals surface area contributed by atoms with Crippen molar-refractivity contribution in [2.24, 2.45) is 5.92 Å². The van der Waals surface area contributed by atoms with Crippen molar-refractivity contribution < 1.29 is 8.76 Å². The van der Waals surface area contributed by atoms with E-state index in [-0.39, 0.29) is 0 Å². The summed E-state index contributed by atoms with van der Waals surface area (Å²) in [5, 5.41) is 4.79. The first kappa shape index (κ1) is 17.6. The molecule has 3 heterocycles. The molecule has 0 radical (unpaired) electrons. The summed E-state index contributed by atoms with van der Waals surface area (Å²) < 4.78 is 23.1. The number of aromatic nitrogens is 3. The number of rotatable bonds is 7. The van der Waals surface area contributed by atoms with E-state index >= 15 is 0 Å². The molecule has 1 aliphatic rings. The van der Waals surface area contributed by atoms with E-state index in [0.717, 1.165) is 42.8 Å². The third-order valence-electron chi connectivity index (χ3n) is 4.35. The molecule has 1 fully saturated rings. The second-order valence-corrected chi connectivity index (χ2v) is 7.25. The lowest BCUT2D eigenvalue weighted by molar-refractivity contribution is 0.301. The zero-order chi connectivity index (χ0) is 17.3. The molecule has 8 nitrogen and oxygen atoms in total. The van der Waals surface area contributed by atoms with Crippen LogP contribution in [0.5, 0.6) is 0 Å². The van der Waals surface area contributed by atoms with Crippen LogP contribution >= 0.6 is 11.6 Å². The predicted octanol–water partition coefficient (Wildman–Crippen LogP) is 1.48. The number of nitrogens with zero attached hydrogens (tertiary/aromatic N) is 5. The lowest BCUT2D eigenvalue weighted by Gasteiger charge is -2.40. The summed E-state index contributed by atoms with van der Waals surface area (Å²) in [6, 6.07) is 1.90. The Balaban J connectivity index is 1.57. The van der Waals surface area contributed by atoms with Crippen LogP contribution in [0.3, 0.4) is 0 Å². The number of anilines is 1. The molecule has 10 heteroatoms. The summed E-state index contributed by atoms with van der Waals surface area (Å²) in [4.78, 5) is 6.65. The Morgan fingerprint density at radius 2 is 2.29 bits per heavy atom. The van der Waals surface area contributed by atoms with Gasteiger partial charge in [-0.25, -0.2) is 19.1 Å². The van der Waals surface area contributed by atoms with E-state index in [0.29, 0.717) is 17.6 Å². The minimum atomic E-state index is -1.98. The van der Waals surface area contributed by atoms with Crippen molar-refractivity contribution in [3.8, 4) is 0 Å². The predicted molar refractivity (Wildman–Crippen MR) is 94.2 cm³/mol. The average molecular weight is 373 g/mol. The number of halogens is 1. The van der Waals surface area contributed by atoms with Gasteiger partial charge in [-0.15, -0.1) is 4.41 Å². The SMILES string of the molecule is CNN(CCCC1CN(c2ncnn3c(Cl)cc(C)c23)C1)S(=O)O. The molecule has 0 aromatic carbocycles. The first-order valence-corrected chi connectivity index (χ1v) is 9.25. The minimum Gasteiger partial charge on any atom is -0.354 e. The maximum absolute atomic E-state index is 11.0. The summed E-state index contributed by atoms with van der Waals surface area (Å²) in [6.07, 6.45) is 3.40. The molecule has 0 saturated carbocycles. The fraction of sp³-hybridized carbons (Fsp3) is 0.571. The van der Waals surface area contributed by atoms with Crippen LogP contribution in [0.1, 0.15) is 18.4 Å². The highest BCUT2D eigenvalue weighted by atomic mass is 35.5. The van der Waals surface area contributed by atoms with Gasteiger partial charge in [-0.3, -0.25) is 4.55 Å². The number of hydrogen-bond acceptors (Lipinski definition) is 5. The Bertz CT molecular complexity index is 748. The molecule has 2 aromatic heterocycles. The smallest absolute Gasteiger partial charge is 0.248 e. The Hall–Kier alpha value is -1.26. The Morgan fingerprint density at radius 3 is 2.96 bits per heavy atom. The summed E-state index contributed by atoms with van der Waals surface area (Å²) in [6.45, 7) is 4.40. The molecule has 0 bridgehead atoms. The molecule has 1 unspecified atom stereocenters. The molecule has 1 atom stereocenters. The third kappa shape index (κ3) is 3.40. The van der Waals surface area contributed by atoms with Crippen LogP contribution in [0.4, 0.5) is 5.82 Å². The van der Waals surface area contributed by atoms with Gasteiger partial charge in [-0.1, -0.05) is 11.6 Å². The van der Waals surface area contributed by atoms with Gasteiger partial charge in [0.25, 0.3) is 0 Å². The number of hydrazine groups is 1. The fourth-order valence-corrected chi connectivity index (χ4v) is 3.84. The first-order chi connectivity index (χ1) is 11.5. The van der Waals surface area contributed by atoms with Crippen molar-refractivity contribution in [1.82, 2.24) is 24.4 Å². The van der Waals surface area contributed by atoms with Crippen molar-refractivity contribution in [1.29, 1.82) is 0 Å². The number of aryl methyl sites for hydroxylation is 1. The molecule has 1 saturated heterocycles. The molecular formula is C14H21ClN6O2S. The van der Waals surface area contributed by atoms with E-state index in [9.17, 15) is 4.21 Å². The summed E-state index contributed by atoms with van der Waals surface area (Å²) >= 11 is 4.20. The normalized spacial score (nSPS) is 16.8. The topological polar surface area (TPSA) is 86.0 Å². The van der Waals surface area contributed by atoms with Crippen LogP contribution in [0.15, 0.2) is 12.4 Å². The lowest BCUT2D eigenvalue weighted by atomic mass is 9.94. The van der Waals surface area contributed by atoms with Crippen molar-refractivity contribution in [3.05, 3.63) is 23.1 Å². The molecule has 3 rings (SSSR count). The van der Waals surface area contributed by atoms with Crippen molar-refractivity contribution in [3.63, 3.8) is 0 Å². The largest absolute Gasteiger partial charge is 0.354 e. The molecule has 132 valence electrons. The van der Waals surface area contributed by atoms with Gasteiger partial charge >= 0.3 is 0 Å². The molecule has 0 spiro atoms. The molecule has 1 aliphatic heterocycles. The van der Waals surface area contributed by atoms with Gasteiger partial charge in [0.1, 0.15) is 17.0 Å². The van der Waals surface area contributed by atoms with Crippen molar-refractivity contribution >= 4 is 34.2 Å².